The number of hydrogen-bond donors (Lipinski definition) is 3. The highest BCUT2D eigenvalue weighted by atomic mass is 16.5. The van der Waals surface area contributed by atoms with Crippen molar-refractivity contribution in [2.75, 3.05) is 13.2 Å². The van der Waals surface area contributed by atoms with E-state index in [1.807, 2.05) is 36.4 Å². The number of nitrogens with one attached hydrogen (secondary N) is 2. The minimum absolute atomic E-state index is 0.00951. The molecular formula is C27H30N2O5. The Kier molecular flexibility index (Phi) is 7.62. The summed E-state index contributed by atoms with van der Waals surface area (Å²) in [5, 5.41) is 14.5. The Balaban J connectivity index is 1.37. The van der Waals surface area contributed by atoms with Crippen LogP contribution in [0, 0.1) is 0 Å². The van der Waals surface area contributed by atoms with Crippen molar-refractivity contribution >= 4 is 18.0 Å². The van der Waals surface area contributed by atoms with E-state index >= 15 is 0 Å². The summed E-state index contributed by atoms with van der Waals surface area (Å²) in [6.45, 7) is 0.536. The van der Waals surface area contributed by atoms with Gasteiger partial charge in [0, 0.05) is 18.9 Å². The number of alkyl carbamates (subject to hydrolysis) is 1. The van der Waals surface area contributed by atoms with Gasteiger partial charge in [0.25, 0.3) is 0 Å². The van der Waals surface area contributed by atoms with Gasteiger partial charge in [0.1, 0.15) is 12.6 Å². The number of carboxylic acid groups (broad SMARTS) is 1. The Hall–Kier alpha value is -3.61. The fraction of sp³-hybridized carbons (Fsp3) is 0.370. The molecule has 0 saturated carbocycles. The van der Waals surface area contributed by atoms with Crippen molar-refractivity contribution in [1.29, 1.82) is 0 Å². The average molecular weight is 463 g/mol. The first-order valence-electron chi connectivity index (χ1n) is 11.8. The number of ether oxygens (including phenoxy) is 1. The minimum Gasteiger partial charge on any atom is -0.481 e. The highest BCUT2D eigenvalue weighted by molar-refractivity contribution is 5.86. The van der Waals surface area contributed by atoms with E-state index < -0.39 is 24.0 Å². The second kappa shape index (κ2) is 11.0. The van der Waals surface area contributed by atoms with Crippen LogP contribution in [0.3, 0.4) is 0 Å². The van der Waals surface area contributed by atoms with Gasteiger partial charge in [0.2, 0.25) is 5.91 Å². The van der Waals surface area contributed by atoms with Gasteiger partial charge >= 0.3 is 12.1 Å². The number of amides is 2. The van der Waals surface area contributed by atoms with Gasteiger partial charge in [-0.15, -0.1) is 0 Å². The second-order valence-electron chi connectivity index (χ2n) is 8.78. The number of benzene rings is 2. The summed E-state index contributed by atoms with van der Waals surface area (Å²) in [6, 6.07) is 15.1. The first kappa shape index (κ1) is 23.5. The molecular weight excluding hydrogens is 432 g/mol. The molecule has 2 aliphatic rings. The van der Waals surface area contributed by atoms with Crippen LogP contribution in [0.4, 0.5) is 4.79 Å². The molecule has 34 heavy (non-hydrogen) atoms. The molecule has 0 bridgehead atoms. The maximum absolute atomic E-state index is 12.7. The Labute approximate surface area is 199 Å². The molecule has 2 aromatic carbocycles. The molecule has 1 atom stereocenters. The van der Waals surface area contributed by atoms with Gasteiger partial charge in [-0.2, -0.15) is 0 Å². The summed E-state index contributed by atoms with van der Waals surface area (Å²) < 4.78 is 5.53. The Morgan fingerprint density at radius 1 is 1.00 bits per heavy atom. The minimum atomic E-state index is -1.03. The molecule has 0 heterocycles. The van der Waals surface area contributed by atoms with Crippen LogP contribution in [0.5, 0.6) is 0 Å². The topological polar surface area (TPSA) is 105 Å². The predicted molar refractivity (Wildman–Crippen MR) is 128 cm³/mol. The fourth-order valence-electron chi connectivity index (χ4n) is 4.71. The van der Waals surface area contributed by atoms with Crippen molar-refractivity contribution < 1.29 is 24.2 Å². The maximum atomic E-state index is 12.7. The van der Waals surface area contributed by atoms with Gasteiger partial charge in [-0.3, -0.25) is 9.59 Å². The number of fused-ring (bicyclic) bond motifs is 3. The van der Waals surface area contributed by atoms with Crippen molar-refractivity contribution in [3.8, 4) is 11.1 Å². The van der Waals surface area contributed by atoms with Crippen LogP contribution in [-0.2, 0) is 14.3 Å². The van der Waals surface area contributed by atoms with Crippen LogP contribution in [0.1, 0.15) is 55.6 Å². The van der Waals surface area contributed by atoms with Crippen LogP contribution in [0.25, 0.3) is 11.1 Å². The lowest BCUT2D eigenvalue weighted by Gasteiger charge is -2.20. The molecule has 0 radical (unpaired) electrons. The summed E-state index contributed by atoms with van der Waals surface area (Å²) in [4.78, 5) is 36.4. The van der Waals surface area contributed by atoms with E-state index in [0.717, 1.165) is 53.5 Å². The van der Waals surface area contributed by atoms with Crippen LogP contribution >= 0.6 is 0 Å². The lowest BCUT2D eigenvalue weighted by Crippen LogP contribution is -2.47. The predicted octanol–water partition coefficient (Wildman–Crippen LogP) is 4.38. The lowest BCUT2D eigenvalue weighted by atomic mass is 9.98. The molecule has 7 nitrogen and oxygen atoms in total. The molecule has 0 aliphatic heterocycles. The lowest BCUT2D eigenvalue weighted by molar-refractivity contribution is -0.137. The number of carbonyl (C=O) groups excluding carboxylic acids is 2. The zero-order chi connectivity index (χ0) is 23.9. The van der Waals surface area contributed by atoms with Crippen molar-refractivity contribution in [2.24, 2.45) is 0 Å². The maximum Gasteiger partial charge on any atom is 0.407 e. The first-order chi connectivity index (χ1) is 16.5. The van der Waals surface area contributed by atoms with E-state index in [1.54, 1.807) is 0 Å². The monoisotopic (exact) mass is 462 g/mol. The fourth-order valence-corrected chi connectivity index (χ4v) is 4.71. The molecule has 2 aliphatic carbocycles. The smallest absolute Gasteiger partial charge is 0.407 e. The van der Waals surface area contributed by atoms with Gasteiger partial charge in [-0.1, -0.05) is 60.2 Å². The molecule has 2 aromatic rings. The number of rotatable bonds is 9. The van der Waals surface area contributed by atoms with E-state index in [2.05, 4.69) is 28.8 Å². The number of allylic oxidation sites excluding steroid dienone is 1. The van der Waals surface area contributed by atoms with Crippen molar-refractivity contribution in [1.82, 2.24) is 10.6 Å². The quantitative estimate of drug-likeness (QED) is 0.480. The van der Waals surface area contributed by atoms with E-state index in [0.29, 0.717) is 6.54 Å². The number of carboxylic acids is 1. The molecule has 178 valence electrons. The van der Waals surface area contributed by atoms with Gasteiger partial charge in [0.15, 0.2) is 0 Å². The zero-order valence-electron chi connectivity index (χ0n) is 19.1. The van der Waals surface area contributed by atoms with Gasteiger partial charge in [-0.25, -0.2) is 4.79 Å². The number of hydrogen-bond acceptors (Lipinski definition) is 4. The van der Waals surface area contributed by atoms with Crippen molar-refractivity contribution in [3.05, 3.63) is 71.3 Å². The normalized spacial score (nSPS) is 15.5. The Morgan fingerprint density at radius 3 is 2.29 bits per heavy atom. The zero-order valence-corrected chi connectivity index (χ0v) is 19.1. The molecule has 7 heteroatoms. The number of aliphatic carboxylic acids is 1. The standard InChI is InChI=1S/C27H30N2O5/c30-25(31)15-14-24(26(32)28-16-18-8-2-1-3-9-18)29-27(33)34-17-23-21-12-6-4-10-19(21)20-11-5-7-13-22(20)23/h4-8,10-13,23-24H,1-3,9,14-17H2,(H,28,32)(H,29,33)(H,30,31). The van der Waals surface area contributed by atoms with Crippen molar-refractivity contribution in [2.45, 2.75) is 50.5 Å². The van der Waals surface area contributed by atoms with E-state index in [-0.39, 0.29) is 25.4 Å². The van der Waals surface area contributed by atoms with Crippen LogP contribution in [0.2, 0.25) is 0 Å². The van der Waals surface area contributed by atoms with Gasteiger partial charge in [0.05, 0.1) is 0 Å². The molecule has 0 spiro atoms. The van der Waals surface area contributed by atoms with Gasteiger partial charge in [-0.05, 0) is 54.4 Å². The molecule has 0 aromatic heterocycles. The third-order valence-electron chi connectivity index (χ3n) is 6.47. The highest BCUT2D eigenvalue weighted by Gasteiger charge is 2.30. The largest absolute Gasteiger partial charge is 0.481 e. The summed E-state index contributed by atoms with van der Waals surface area (Å²) in [5.74, 6) is -1.52. The van der Waals surface area contributed by atoms with E-state index in [1.165, 1.54) is 0 Å². The molecule has 0 saturated heterocycles. The summed E-state index contributed by atoms with van der Waals surface area (Å²) in [7, 11) is 0. The molecule has 3 N–H and O–H groups in total. The third kappa shape index (κ3) is 5.65. The number of carbonyl (C=O) groups is 3. The summed E-state index contributed by atoms with van der Waals surface area (Å²) >= 11 is 0. The van der Waals surface area contributed by atoms with E-state index in [9.17, 15) is 14.4 Å². The molecule has 4 rings (SSSR count). The van der Waals surface area contributed by atoms with Gasteiger partial charge < -0.3 is 20.5 Å². The molecule has 1 unspecified atom stereocenters. The SMILES string of the molecule is O=C(O)CCC(NC(=O)OCC1c2ccccc2-c2ccccc21)C(=O)NCC1=CCCCC1. The molecule has 2 amide bonds. The van der Waals surface area contributed by atoms with E-state index in [4.69, 9.17) is 9.84 Å². The average Bonchev–Trinajstić information content (AvgIpc) is 3.18. The van der Waals surface area contributed by atoms with Crippen LogP contribution in [-0.4, -0.2) is 42.3 Å². The van der Waals surface area contributed by atoms with Crippen LogP contribution < -0.4 is 10.6 Å². The first-order valence-corrected chi connectivity index (χ1v) is 11.8. The van der Waals surface area contributed by atoms with Crippen LogP contribution in [0.15, 0.2) is 60.2 Å². The summed E-state index contributed by atoms with van der Waals surface area (Å²) in [6.07, 6.45) is 5.36. The Morgan fingerprint density at radius 2 is 1.68 bits per heavy atom. The summed E-state index contributed by atoms with van der Waals surface area (Å²) in [5.41, 5.74) is 5.61. The van der Waals surface area contributed by atoms with Crippen molar-refractivity contribution in [3.63, 3.8) is 0 Å². The third-order valence-corrected chi connectivity index (χ3v) is 6.47. The highest BCUT2D eigenvalue weighted by Crippen LogP contribution is 2.44. The Bertz CT molecular complexity index is 1050. The molecule has 0 fully saturated rings. The second-order valence-corrected chi connectivity index (χ2v) is 8.78.